The Morgan fingerprint density at radius 3 is 2.60 bits per heavy atom. The number of hydrogen-bond acceptors (Lipinski definition) is 3. The molecule has 0 spiro atoms. The normalized spacial score (nSPS) is 13.3. The van der Waals surface area contributed by atoms with Gasteiger partial charge in [0.05, 0.1) is 0 Å². The molecule has 1 unspecified atom stereocenters. The summed E-state index contributed by atoms with van der Waals surface area (Å²) in [7, 11) is 0. The number of nitrogens with one attached hydrogen (secondary N) is 3. The second-order valence-electron chi connectivity index (χ2n) is 6.31. The molecule has 20 heavy (non-hydrogen) atoms. The third-order valence-corrected chi connectivity index (χ3v) is 2.89. The van der Waals surface area contributed by atoms with Crippen molar-refractivity contribution < 1.29 is 9.53 Å². The lowest BCUT2D eigenvalue weighted by atomic mass is 10.0. The molecule has 1 rings (SSSR count). The molecule has 5 nitrogen and oxygen atoms in total. The summed E-state index contributed by atoms with van der Waals surface area (Å²) in [5, 5.41) is 6.26. The van der Waals surface area contributed by atoms with Gasteiger partial charge in [0, 0.05) is 31.0 Å². The van der Waals surface area contributed by atoms with Crippen molar-refractivity contribution in [2.24, 2.45) is 5.92 Å². The predicted octanol–water partition coefficient (Wildman–Crippen LogP) is 2.65. The van der Waals surface area contributed by atoms with Crippen LogP contribution in [0.25, 0.3) is 0 Å². The maximum absolute atomic E-state index is 11.7. The van der Waals surface area contributed by atoms with E-state index < -0.39 is 5.60 Å². The summed E-state index contributed by atoms with van der Waals surface area (Å²) in [6.07, 6.45) is 1.53. The number of aromatic amines is 1. The number of carbonyl (C=O) groups excluding carboxylic acids is 1. The van der Waals surface area contributed by atoms with E-state index in [9.17, 15) is 4.79 Å². The Labute approximate surface area is 121 Å². The molecule has 0 radical (unpaired) electrons. The van der Waals surface area contributed by atoms with Crippen LogP contribution in [0.15, 0.2) is 18.3 Å². The smallest absolute Gasteiger partial charge is 0.407 e. The fourth-order valence-electron chi connectivity index (χ4n) is 1.77. The minimum absolute atomic E-state index is 0.200. The van der Waals surface area contributed by atoms with Crippen molar-refractivity contribution >= 4 is 6.09 Å². The highest BCUT2D eigenvalue weighted by molar-refractivity contribution is 5.67. The van der Waals surface area contributed by atoms with E-state index in [-0.39, 0.29) is 12.1 Å². The Balaban J connectivity index is 2.37. The van der Waals surface area contributed by atoms with Crippen LogP contribution in [0.1, 0.15) is 40.3 Å². The molecule has 0 fully saturated rings. The standard InChI is InChI=1S/C15H27N3O2/c1-11(2)13(17-9-12-7-6-8-16-12)10-18-14(19)20-15(3,4)5/h6-8,11,13,16-17H,9-10H2,1-5H3,(H,18,19). The fraction of sp³-hybridized carbons (Fsp3) is 0.667. The van der Waals surface area contributed by atoms with Crippen molar-refractivity contribution in [2.45, 2.75) is 52.8 Å². The van der Waals surface area contributed by atoms with Crippen LogP contribution in [0.4, 0.5) is 4.79 Å². The number of carbonyl (C=O) groups is 1. The minimum Gasteiger partial charge on any atom is -0.444 e. The van der Waals surface area contributed by atoms with E-state index in [1.165, 1.54) is 0 Å². The Hall–Kier alpha value is -1.49. The first-order valence-electron chi connectivity index (χ1n) is 7.10. The van der Waals surface area contributed by atoms with Crippen molar-refractivity contribution in [2.75, 3.05) is 6.54 Å². The Kier molecular flexibility index (Phi) is 6.07. The van der Waals surface area contributed by atoms with Crippen molar-refractivity contribution in [1.82, 2.24) is 15.6 Å². The lowest BCUT2D eigenvalue weighted by Crippen LogP contribution is -2.45. The van der Waals surface area contributed by atoms with Gasteiger partial charge >= 0.3 is 6.09 Å². The summed E-state index contributed by atoms with van der Waals surface area (Å²) in [6, 6.07) is 4.21. The van der Waals surface area contributed by atoms with Gasteiger partial charge in [-0.25, -0.2) is 4.79 Å². The van der Waals surface area contributed by atoms with Gasteiger partial charge in [0.15, 0.2) is 0 Å². The highest BCUT2D eigenvalue weighted by atomic mass is 16.6. The monoisotopic (exact) mass is 281 g/mol. The maximum atomic E-state index is 11.7. The highest BCUT2D eigenvalue weighted by Crippen LogP contribution is 2.07. The number of alkyl carbamates (subject to hydrolysis) is 1. The van der Waals surface area contributed by atoms with Crippen molar-refractivity contribution in [3.63, 3.8) is 0 Å². The van der Waals surface area contributed by atoms with Crippen molar-refractivity contribution in [1.29, 1.82) is 0 Å². The van der Waals surface area contributed by atoms with E-state index in [2.05, 4.69) is 29.5 Å². The van der Waals surface area contributed by atoms with Gasteiger partial charge in [0.25, 0.3) is 0 Å². The summed E-state index contributed by atoms with van der Waals surface area (Å²) in [5.74, 6) is 0.417. The third kappa shape index (κ3) is 6.61. The molecule has 1 heterocycles. The highest BCUT2D eigenvalue weighted by Gasteiger charge is 2.18. The van der Waals surface area contributed by atoms with Gasteiger partial charge in [-0.1, -0.05) is 13.8 Å². The van der Waals surface area contributed by atoms with Gasteiger partial charge in [-0.15, -0.1) is 0 Å². The molecule has 0 saturated carbocycles. The van der Waals surface area contributed by atoms with Gasteiger partial charge in [-0.3, -0.25) is 0 Å². The van der Waals surface area contributed by atoms with Crippen LogP contribution in [-0.4, -0.2) is 29.3 Å². The molecule has 3 N–H and O–H groups in total. The Bertz CT molecular complexity index is 394. The topological polar surface area (TPSA) is 66.2 Å². The number of ether oxygens (including phenoxy) is 1. The van der Waals surface area contributed by atoms with Crippen LogP contribution in [-0.2, 0) is 11.3 Å². The molecule has 114 valence electrons. The van der Waals surface area contributed by atoms with Crippen LogP contribution >= 0.6 is 0 Å². The first-order valence-corrected chi connectivity index (χ1v) is 7.10. The van der Waals surface area contributed by atoms with Crippen LogP contribution < -0.4 is 10.6 Å². The molecule has 0 aromatic carbocycles. The molecule has 0 aliphatic heterocycles. The second kappa shape index (κ2) is 7.33. The molecule has 1 atom stereocenters. The van der Waals surface area contributed by atoms with E-state index in [1.54, 1.807) is 0 Å². The SMILES string of the molecule is CC(C)C(CNC(=O)OC(C)(C)C)NCc1ccc[nH]1. The van der Waals surface area contributed by atoms with Gasteiger partial charge in [0.2, 0.25) is 0 Å². The van der Waals surface area contributed by atoms with Crippen molar-refractivity contribution in [3.8, 4) is 0 Å². The van der Waals surface area contributed by atoms with Gasteiger partial charge in [-0.2, -0.15) is 0 Å². The van der Waals surface area contributed by atoms with Crippen LogP contribution in [0.2, 0.25) is 0 Å². The lowest BCUT2D eigenvalue weighted by molar-refractivity contribution is 0.0519. The van der Waals surface area contributed by atoms with E-state index in [4.69, 9.17) is 4.74 Å². The molecule has 1 aromatic heterocycles. The summed E-state index contributed by atoms with van der Waals surface area (Å²) >= 11 is 0. The van der Waals surface area contributed by atoms with Gasteiger partial charge in [-0.05, 0) is 38.8 Å². The number of amides is 1. The lowest BCUT2D eigenvalue weighted by Gasteiger charge is -2.24. The molecule has 1 amide bonds. The van der Waals surface area contributed by atoms with Gasteiger partial charge in [0.1, 0.15) is 5.60 Å². The average molecular weight is 281 g/mol. The Morgan fingerprint density at radius 1 is 1.40 bits per heavy atom. The zero-order valence-corrected chi connectivity index (χ0v) is 13.1. The van der Waals surface area contributed by atoms with Gasteiger partial charge < -0.3 is 20.4 Å². The first kappa shape index (κ1) is 16.6. The minimum atomic E-state index is -0.463. The molecule has 5 heteroatoms. The van der Waals surface area contributed by atoms with E-state index >= 15 is 0 Å². The average Bonchev–Trinajstić information content (AvgIpc) is 2.78. The number of rotatable bonds is 6. The molecule has 0 saturated heterocycles. The van der Waals surface area contributed by atoms with Crippen molar-refractivity contribution in [3.05, 3.63) is 24.0 Å². The van der Waals surface area contributed by atoms with Crippen LogP contribution in [0, 0.1) is 5.92 Å². The zero-order valence-electron chi connectivity index (χ0n) is 13.1. The molecule has 1 aromatic rings. The van der Waals surface area contributed by atoms with E-state index in [0.717, 1.165) is 12.2 Å². The number of hydrogen-bond donors (Lipinski definition) is 3. The maximum Gasteiger partial charge on any atom is 0.407 e. The number of H-pyrrole nitrogens is 1. The summed E-state index contributed by atoms with van der Waals surface area (Å²) in [4.78, 5) is 14.8. The number of aromatic nitrogens is 1. The fourth-order valence-corrected chi connectivity index (χ4v) is 1.77. The zero-order chi connectivity index (χ0) is 15.2. The molecule has 0 aliphatic carbocycles. The van der Waals surface area contributed by atoms with Crippen LogP contribution in [0.3, 0.4) is 0 Å². The largest absolute Gasteiger partial charge is 0.444 e. The molecular weight excluding hydrogens is 254 g/mol. The third-order valence-electron chi connectivity index (χ3n) is 2.89. The molecule has 0 aliphatic rings. The Morgan fingerprint density at radius 2 is 2.10 bits per heavy atom. The molecule has 0 bridgehead atoms. The van der Waals surface area contributed by atoms with E-state index in [1.807, 2.05) is 39.1 Å². The summed E-state index contributed by atoms with van der Waals surface area (Å²) < 4.78 is 5.23. The summed E-state index contributed by atoms with van der Waals surface area (Å²) in [5.41, 5.74) is 0.669. The molecular formula is C15H27N3O2. The van der Waals surface area contributed by atoms with Crippen LogP contribution in [0.5, 0.6) is 0 Å². The quantitative estimate of drug-likeness (QED) is 0.751. The second-order valence-corrected chi connectivity index (χ2v) is 6.31. The summed E-state index contributed by atoms with van der Waals surface area (Å²) in [6.45, 7) is 11.1. The predicted molar refractivity (Wildman–Crippen MR) is 80.5 cm³/mol. The first-order chi connectivity index (χ1) is 9.28. The van der Waals surface area contributed by atoms with E-state index in [0.29, 0.717) is 12.5 Å².